The number of hydrogen-bond acceptors (Lipinski definition) is 4. The topological polar surface area (TPSA) is 70.6 Å². The number of nitrogens with zero attached hydrogens (tertiary/aromatic N) is 3. The van der Waals surface area contributed by atoms with Gasteiger partial charge in [-0.25, -0.2) is 9.59 Å². The van der Waals surface area contributed by atoms with Crippen LogP contribution in [0.4, 0.5) is 4.79 Å². The third-order valence-electron chi connectivity index (χ3n) is 5.93. The van der Waals surface area contributed by atoms with Crippen molar-refractivity contribution in [2.24, 2.45) is 0 Å². The molecule has 1 atom stereocenters. The summed E-state index contributed by atoms with van der Waals surface area (Å²) in [5.41, 5.74) is 1.88. The highest BCUT2D eigenvalue weighted by Crippen LogP contribution is 2.28. The van der Waals surface area contributed by atoms with Crippen LogP contribution in [0.15, 0.2) is 29.1 Å². The van der Waals surface area contributed by atoms with Gasteiger partial charge in [-0.3, -0.25) is 9.47 Å². The van der Waals surface area contributed by atoms with Gasteiger partial charge in [0.25, 0.3) is 0 Å². The molecule has 1 aromatic carbocycles. The fourth-order valence-corrected chi connectivity index (χ4v) is 4.58. The van der Waals surface area contributed by atoms with Gasteiger partial charge in [0.15, 0.2) is 0 Å². The molecule has 3 heterocycles. The summed E-state index contributed by atoms with van der Waals surface area (Å²) in [5.74, 6) is 0. The number of benzene rings is 1. The first-order valence-corrected chi connectivity index (χ1v) is 10.0. The van der Waals surface area contributed by atoms with Crippen LogP contribution in [0.5, 0.6) is 0 Å². The molecule has 7 heteroatoms. The molecule has 27 heavy (non-hydrogen) atoms. The van der Waals surface area contributed by atoms with Crippen molar-refractivity contribution in [3.8, 4) is 0 Å². The lowest BCUT2D eigenvalue weighted by Gasteiger charge is -2.42. The molecule has 2 fully saturated rings. The van der Waals surface area contributed by atoms with E-state index < -0.39 is 0 Å². The van der Waals surface area contributed by atoms with Gasteiger partial charge < -0.3 is 14.6 Å². The summed E-state index contributed by atoms with van der Waals surface area (Å²) in [6.07, 6.45) is 3.86. The molecule has 2 aromatic rings. The Labute approximate surface area is 158 Å². The van der Waals surface area contributed by atoms with Gasteiger partial charge in [-0.2, -0.15) is 0 Å². The number of aromatic nitrogens is 2. The van der Waals surface area contributed by atoms with E-state index in [1.54, 1.807) is 0 Å². The highest BCUT2D eigenvalue weighted by Gasteiger charge is 2.32. The zero-order valence-corrected chi connectivity index (χ0v) is 15.9. The molecule has 1 N–H and O–H groups in total. The van der Waals surface area contributed by atoms with E-state index in [9.17, 15) is 9.59 Å². The second kappa shape index (κ2) is 7.76. The van der Waals surface area contributed by atoms with Gasteiger partial charge in [0, 0.05) is 38.3 Å². The first-order chi connectivity index (χ1) is 13.2. The zero-order valence-electron chi connectivity index (χ0n) is 15.9. The summed E-state index contributed by atoms with van der Waals surface area (Å²) >= 11 is 0. The number of nitrogens with one attached hydrogen (secondary N) is 1. The van der Waals surface area contributed by atoms with Crippen LogP contribution in [0.25, 0.3) is 11.0 Å². The Balaban J connectivity index is 1.41. The fraction of sp³-hybridized carbons (Fsp3) is 0.600. The van der Waals surface area contributed by atoms with E-state index in [4.69, 9.17) is 4.74 Å². The van der Waals surface area contributed by atoms with E-state index in [1.807, 2.05) is 40.7 Å². The maximum Gasteiger partial charge on any atom is 0.409 e. The molecule has 2 aliphatic rings. The highest BCUT2D eigenvalue weighted by atomic mass is 16.6. The summed E-state index contributed by atoms with van der Waals surface area (Å²) in [6, 6.07) is 8.52. The monoisotopic (exact) mass is 372 g/mol. The molecule has 0 aliphatic carbocycles. The molecule has 1 aromatic heterocycles. The lowest BCUT2D eigenvalue weighted by atomic mass is 9.98. The van der Waals surface area contributed by atoms with Crippen molar-refractivity contribution >= 4 is 17.1 Å². The van der Waals surface area contributed by atoms with Crippen molar-refractivity contribution in [1.29, 1.82) is 0 Å². The number of amides is 1. The number of aromatic amines is 1. The normalized spacial score (nSPS) is 22.3. The Kier molecular flexibility index (Phi) is 5.20. The van der Waals surface area contributed by atoms with Crippen molar-refractivity contribution in [3.05, 3.63) is 34.7 Å². The molecular formula is C20H28N4O3. The Morgan fingerprint density at radius 2 is 1.93 bits per heavy atom. The molecule has 1 amide bonds. The number of H-pyrrole nitrogens is 1. The zero-order chi connectivity index (χ0) is 18.8. The van der Waals surface area contributed by atoms with Crippen LogP contribution < -0.4 is 5.69 Å². The van der Waals surface area contributed by atoms with Gasteiger partial charge in [-0.1, -0.05) is 12.1 Å². The van der Waals surface area contributed by atoms with Gasteiger partial charge >= 0.3 is 11.8 Å². The van der Waals surface area contributed by atoms with Crippen LogP contribution in [0.3, 0.4) is 0 Å². The summed E-state index contributed by atoms with van der Waals surface area (Å²) < 4.78 is 7.09. The van der Waals surface area contributed by atoms with Gasteiger partial charge in [0.1, 0.15) is 0 Å². The van der Waals surface area contributed by atoms with Gasteiger partial charge in [0.05, 0.1) is 17.6 Å². The Hall–Kier alpha value is -2.28. The van der Waals surface area contributed by atoms with Gasteiger partial charge in [-0.15, -0.1) is 0 Å². The molecule has 0 spiro atoms. The number of piperidine rings is 2. The molecule has 1 unspecified atom stereocenters. The van der Waals surface area contributed by atoms with Crippen LogP contribution in [0, 0.1) is 0 Å². The number of likely N-dealkylation sites (tertiary alicyclic amines) is 2. The van der Waals surface area contributed by atoms with Gasteiger partial charge in [0.2, 0.25) is 0 Å². The smallest absolute Gasteiger partial charge is 0.409 e. The number of hydrogen-bond donors (Lipinski definition) is 1. The standard InChI is InChI=1S/C20H28N4O3/c1-2-27-20(26)23-11-5-6-16(14-23)22-12-9-15(10-13-22)24-18-8-4-3-7-17(18)21-19(24)25/h3-4,7-8,15-16H,2,5-6,9-14H2,1H3,(H,21,25). The number of carbonyl (C=O) groups excluding carboxylic acids is 1. The number of imidazole rings is 1. The third kappa shape index (κ3) is 3.60. The highest BCUT2D eigenvalue weighted by molar-refractivity contribution is 5.75. The van der Waals surface area contributed by atoms with Crippen LogP contribution in [0.1, 0.15) is 38.6 Å². The van der Waals surface area contributed by atoms with Gasteiger partial charge in [-0.05, 0) is 44.7 Å². The predicted molar refractivity (Wildman–Crippen MR) is 104 cm³/mol. The minimum absolute atomic E-state index is 0.0131. The van der Waals surface area contributed by atoms with E-state index in [-0.39, 0.29) is 17.8 Å². The molecule has 4 rings (SSSR count). The largest absolute Gasteiger partial charge is 0.450 e. The van der Waals surface area contributed by atoms with E-state index in [0.29, 0.717) is 12.6 Å². The molecule has 0 saturated carbocycles. The van der Waals surface area contributed by atoms with Crippen LogP contribution >= 0.6 is 0 Å². The average Bonchev–Trinajstić information content (AvgIpc) is 3.04. The second-order valence-corrected chi connectivity index (χ2v) is 7.53. The summed E-state index contributed by atoms with van der Waals surface area (Å²) in [7, 11) is 0. The molecular weight excluding hydrogens is 344 g/mol. The van der Waals surface area contributed by atoms with E-state index >= 15 is 0 Å². The van der Waals surface area contributed by atoms with Crippen molar-refractivity contribution in [2.45, 2.75) is 44.7 Å². The SMILES string of the molecule is CCOC(=O)N1CCCC(N2CCC(n3c(=O)[nH]c4ccccc43)CC2)C1. The maximum atomic E-state index is 12.4. The third-order valence-corrected chi connectivity index (χ3v) is 5.93. The molecule has 146 valence electrons. The number of carbonyl (C=O) groups is 1. The van der Waals surface area contributed by atoms with Crippen molar-refractivity contribution in [2.75, 3.05) is 32.8 Å². The van der Waals surface area contributed by atoms with Crippen LogP contribution in [-0.2, 0) is 4.74 Å². The molecule has 7 nitrogen and oxygen atoms in total. The van der Waals surface area contributed by atoms with E-state index in [0.717, 1.165) is 62.9 Å². The quantitative estimate of drug-likeness (QED) is 0.899. The lowest BCUT2D eigenvalue weighted by Crippen LogP contribution is -2.52. The molecule has 2 aliphatic heterocycles. The fourth-order valence-electron chi connectivity index (χ4n) is 4.58. The Morgan fingerprint density at radius 3 is 2.70 bits per heavy atom. The first kappa shape index (κ1) is 18.1. The number of para-hydroxylation sites is 2. The van der Waals surface area contributed by atoms with E-state index in [1.165, 1.54) is 0 Å². The minimum Gasteiger partial charge on any atom is -0.450 e. The number of fused-ring (bicyclic) bond motifs is 1. The molecule has 2 saturated heterocycles. The average molecular weight is 372 g/mol. The summed E-state index contributed by atoms with van der Waals surface area (Å²) in [4.78, 5) is 31.8. The predicted octanol–water partition coefficient (Wildman–Crippen LogP) is 2.59. The molecule has 0 radical (unpaired) electrons. The maximum absolute atomic E-state index is 12.4. The number of ether oxygens (including phenoxy) is 1. The number of rotatable bonds is 3. The second-order valence-electron chi connectivity index (χ2n) is 7.53. The van der Waals surface area contributed by atoms with Crippen LogP contribution in [0.2, 0.25) is 0 Å². The molecule has 0 bridgehead atoms. The van der Waals surface area contributed by atoms with E-state index in [2.05, 4.69) is 9.88 Å². The Bertz CT molecular complexity index is 850. The van der Waals surface area contributed by atoms with Crippen molar-refractivity contribution in [3.63, 3.8) is 0 Å². The Morgan fingerprint density at radius 1 is 1.15 bits per heavy atom. The van der Waals surface area contributed by atoms with Crippen LogP contribution in [-0.4, -0.2) is 64.3 Å². The van der Waals surface area contributed by atoms with Crippen molar-refractivity contribution < 1.29 is 9.53 Å². The summed E-state index contributed by atoms with van der Waals surface area (Å²) in [6.45, 7) is 5.71. The van der Waals surface area contributed by atoms with Crippen molar-refractivity contribution in [1.82, 2.24) is 19.4 Å². The minimum atomic E-state index is -0.192. The first-order valence-electron chi connectivity index (χ1n) is 10.0. The summed E-state index contributed by atoms with van der Waals surface area (Å²) in [5, 5.41) is 0. The lowest BCUT2D eigenvalue weighted by molar-refractivity contribution is 0.0542.